The van der Waals surface area contributed by atoms with Crippen LogP contribution in [0.5, 0.6) is 0 Å². The zero-order valence-electron chi connectivity index (χ0n) is 13.5. The molecule has 24 heavy (non-hydrogen) atoms. The number of ether oxygens (including phenoxy) is 1. The Morgan fingerprint density at radius 3 is 2.83 bits per heavy atom. The molecule has 0 bridgehead atoms. The first kappa shape index (κ1) is 16.5. The first-order valence-corrected chi connectivity index (χ1v) is 8.12. The van der Waals surface area contributed by atoms with E-state index in [1.165, 1.54) is 0 Å². The van der Waals surface area contributed by atoms with E-state index in [1.807, 2.05) is 18.2 Å². The highest BCUT2D eigenvalue weighted by atomic mass is 16.5. The van der Waals surface area contributed by atoms with Crippen LogP contribution in [0.4, 0.5) is 5.69 Å². The van der Waals surface area contributed by atoms with Crippen LogP contribution >= 0.6 is 0 Å². The molecule has 2 aromatic rings. The van der Waals surface area contributed by atoms with Gasteiger partial charge in [0.25, 0.3) is 5.91 Å². The molecule has 0 atom stereocenters. The third-order valence-electron chi connectivity index (χ3n) is 3.86. The van der Waals surface area contributed by atoms with Gasteiger partial charge >= 0.3 is 0 Å². The number of anilines is 1. The van der Waals surface area contributed by atoms with Crippen molar-refractivity contribution >= 4 is 11.6 Å². The Morgan fingerprint density at radius 2 is 2.12 bits per heavy atom. The summed E-state index contributed by atoms with van der Waals surface area (Å²) >= 11 is 0. The second-order valence-electron chi connectivity index (χ2n) is 5.57. The lowest BCUT2D eigenvalue weighted by atomic mass is 10.3. The van der Waals surface area contributed by atoms with Crippen molar-refractivity contribution in [3.05, 3.63) is 48.2 Å². The summed E-state index contributed by atoms with van der Waals surface area (Å²) < 4.78 is 10.6. The van der Waals surface area contributed by atoms with Gasteiger partial charge in [-0.2, -0.15) is 0 Å². The Labute approximate surface area is 141 Å². The van der Waals surface area contributed by atoms with Crippen LogP contribution in [0.1, 0.15) is 16.2 Å². The van der Waals surface area contributed by atoms with E-state index in [4.69, 9.17) is 9.15 Å². The van der Waals surface area contributed by atoms with Crippen LogP contribution in [-0.2, 0) is 11.3 Å². The molecule has 2 aromatic heterocycles. The summed E-state index contributed by atoms with van der Waals surface area (Å²) in [6.45, 7) is 5.40. The molecule has 7 heteroatoms. The number of morpholine rings is 1. The molecule has 0 aromatic carbocycles. The number of nitrogens with one attached hydrogen (secondary N) is 2. The van der Waals surface area contributed by atoms with Gasteiger partial charge in [-0.15, -0.1) is 0 Å². The number of rotatable bonds is 7. The quantitative estimate of drug-likeness (QED) is 0.798. The SMILES string of the molecule is O=C(NCCN1CCOCC1)c1ccc(NCc2ccco2)cn1. The molecular formula is C17H22N4O3. The molecule has 1 aliphatic rings. The maximum Gasteiger partial charge on any atom is 0.269 e. The van der Waals surface area contributed by atoms with E-state index in [0.29, 0.717) is 18.8 Å². The topological polar surface area (TPSA) is 79.6 Å². The minimum Gasteiger partial charge on any atom is -0.467 e. The van der Waals surface area contributed by atoms with E-state index in [2.05, 4.69) is 20.5 Å². The average molecular weight is 330 g/mol. The molecular weight excluding hydrogens is 308 g/mol. The fourth-order valence-corrected chi connectivity index (χ4v) is 2.48. The van der Waals surface area contributed by atoms with Gasteiger partial charge in [-0.05, 0) is 24.3 Å². The smallest absolute Gasteiger partial charge is 0.269 e. The van der Waals surface area contributed by atoms with Crippen LogP contribution in [0.2, 0.25) is 0 Å². The van der Waals surface area contributed by atoms with E-state index in [0.717, 1.165) is 44.3 Å². The number of amides is 1. The van der Waals surface area contributed by atoms with Gasteiger partial charge in [-0.1, -0.05) is 0 Å². The van der Waals surface area contributed by atoms with Crippen molar-refractivity contribution in [3.63, 3.8) is 0 Å². The summed E-state index contributed by atoms with van der Waals surface area (Å²) in [6, 6.07) is 7.30. The highest BCUT2D eigenvalue weighted by molar-refractivity contribution is 5.92. The zero-order valence-corrected chi connectivity index (χ0v) is 13.5. The van der Waals surface area contributed by atoms with Gasteiger partial charge in [0.2, 0.25) is 0 Å². The van der Waals surface area contributed by atoms with Crippen molar-refractivity contribution < 1.29 is 13.9 Å². The number of aromatic nitrogens is 1. The Hall–Kier alpha value is -2.38. The predicted octanol–water partition coefficient (Wildman–Crippen LogP) is 1.35. The number of carbonyl (C=O) groups excluding carboxylic acids is 1. The minimum absolute atomic E-state index is 0.152. The molecule has 0 radical (unpaired) electrons. The largest absolute Gasteiger partial charge is 0.467 e. The number of pyridine rings is 1. The number of nitrogens with zero attached hydrogens (tertiary/aromatic N) is 2. The molecule has 3 heterocycles. The third kappa shape index (κ3) is 4.81. The molecule has 1 aliphatic heterocycles. The maximum absolute atomic E-state index is 12.1. The molecule has 0 saturated carbocycles. The van der Waals surface area contributed by atoms with Crippen LogP contribution in [0, 0.1) is 0 Å². The first-order valence-electron chi connectivity index (χ1n) is 8.12. The average Bonchev–Trinajstić information content (AvgIpc) is 3.15. The van der Waals surface area contributed by atoms with Gasteiger partial charge in [0.1, 0.15) is 11.5 Å². The Kier molecular flexibility index (Phi) is 5.81. The highest BCUT2D eigenvalue weighted by Crippen LogP contribution is 2.09. The molecule has 0 unspecified atom stereocenters. The molecule has 1 saturated heterocycles. The minimum atomic E-state index is -0.152. The zero-order chi connectivity index (χ0) is 16.6. The van der Waals surface area contributed by atoms with E-state index in [-0.39, 0.29) is 5.91 Å². The first-order chi connectivity index (χ1) is 11.8. The number of hydrogen-bond acceptors (Lipinski definition) is 6. The lowest BCUT2D eigenvalue weighted by Gasteiger charge is -2.26. The van der Waals surface area contributed by atoms with Gasteiger partial charge in [-0.25, -0.2) is 4.98 Å². The van der Waals surface area contributed by atoms with Gasteiger partial charge < -0.3 is 19.8 Å². The summed E-state index contributed by atoms with van der Waals surface area (Å²) in [4.78, 5) is 18.6. The van der Waals surface area contributed by atoms with Crippen molar-refractivity contribution in [1.82, 2.24) is 15.2 Å². The van der Waals surface area contributed by atoms with Crippen molar-refractivity contribution in [2.45, 2.75) is 6.54 Å². The number of carbonyl (C=O) groups is 1. The summed E-state index contributed by atoms with van der Waals surface area (Å²) in [5.41, 5.74) is 1.26. The molecule has 7 nitrogen and oxygen atoms in total. The Bertz CT molecular complexity index is 622. The van der Waals surface area contributed by atoms with Gasteiger partial charge in [0, 0.05) is 26.2 Å². The van der Waals surface area contributed by atoms with Gasteiger partial charge in [0.15, 0.2) is 0 Å². The predicted molar refractivity (Wildman–Crippen MR) is 89.9 cm³/mol. The van der Waals surface area contributed by atoms with Crippen LogP contribution in [-0.4, -0.2) is 55.2 Å². The molecule has 128 valence electrons. The standard InChI is InChI=1S/C17H22N4O3/c22-17(18-5-6-21-7-10-23-11-8-21)16-4-3-14(12-20-16)19-13-15-2-1-9-24-15/h1-4,9,12,19H,5-8,10-11,13H2,(H,18,22). The lowest BCUT2D eigenvalue weighted by Crippen LogP contribution is -2.41. The lowest BCUT2D eigenvalue weighted by molar-refractivity contribution is 0.0383. The maximum atomic E-state index is 12.1. The molecule has 3 rings (SSSR count). The molecule has 0 spiro atoms. The molecule has 0 aliphatic carbocycles. The number of hydrogen-bond donors (Lipinski definition) is 2. The van der Waals surface area contributed by atoms with Crippen LogP contribution in [0.3, 0.4) is 0 Å². The summed E-state index contributed by atoms with van der Waals surface area (Å²) in [5, 5.41) is 6.09. The second kappa shape index (κ2) is 8.47. The summed E-state index contributed by atoms with van der Waals surface area (Å²) in [6.07, 6.45) is 3.29. The second-order valence-corrected chi connectivity index (χ2v) is 5.57. The van der Waals surface area contributed by atoms with Gasteiger partial charge in [-0.3, -0.25) is 9.69 Å². The van der Waals surface area contributed by atoms with Crippen LogP contribution < -0.4 is 10.6 Å². The van der Waals surface area contributed by atoms with Crippen LogP contribution in [0.25, 0.3) is 0 Å². The normalized spacial score (nSPS) is 15.2. The Morgan fingerprint density at radius 1 is 1.25 bits per heavy atom. The third-order valence-corrected chi connectivity index (χ3v) is 3.86. The monoisotopic (exact) mass is 330 g/mol. The van der Waals surface area contributed by atoms with Crippen molar-refractivity contribution in [3.8, 4) is 0 Å². The van der Waals surface area contributed by atoms with Gasteiger partial charge in [0.05, 0.1) is 37.9 Å². The Balaban J connectivity index is 1.41. The van der Waals surface area contributed by atoms with Crippen LogP contribution in [0.15, 0.2) is 41.1 Å². The van der Waals surface area contributed by atoms with E-state index in [9.17, 15) is 4.79 Å². The molecule has 2 N–H and O–H groups in total. The molecule has 1 amide bonds. The summed E-state index contributed by atoms with van der Waals surface area (Å²) in [5.74, 6) is 0.695. The van der Waals surface area contributed by atoms with E-state index < -0.39 is 0 Å². The van der Waals surface area contributed by atoms with Crippen molar-refractivity contribution in [2.24, 2.45) is 0 Å². The van der Waals surface area contributed by atoms with Crippen molar-refractivity contribution in [1.29, 1.82) is 0 Å². The number of furan rings is 1. The van der Waals surface area contributed by atoms with Crippen molar-refractivity contribution in [2.75, 3.05) is 44.7 Å². The highest BCUT2D eigenvalue weighted by Gasteiger charge is 2.11. The fourth-order valence-electron chi connectivity index (χ4n) is 2.48. The summed E-state index contributed by atoms with van der Waals surface area (Å²) in [7, 11) is 0. The fraction of sp³-hybridized carbons (Fsp3) is 0.412. The van der Waals surface area contributed by atoms with E-state index in [1.54, 1.807) is 18.5 Å². The molecule has 1 fully saturated rings. The van der Waals surface area contributed by atoms with E-state index >= 15 is 0 Å².